The van der Waals surface area contributed by atoms with Gasteiger partial charge in [0.25, 0.3) is 0 Å². The second-order valence-electron chi connectivity index (χ2n) is 3.04. The Labute approximate surface area is 88.2 Å². The summed E-state index contributed by atoms with van der Waals surface area (Å²) in [6, 6.07) is 7.19. The van der Waals surface area contributed by atoms with Crippen LogP contribution >= 0.6 is 0 Å². The number of rotatable bonds is 2. The van der Waals surface area contributed by atoms with Crippen molar-refractivity contribution in [3.63, 3.8) is 0 Å². The number of anilines is 1. The first-order valence-corrected chi connectivity index (χ1v) is 4.68. The predicted octanol–water partition coefficient (Wildman–Crippen LogP) is 1.50. The van der Waals surface area contributed by atoms with E-state index in [9.17, 15) is 9.59 Å². The van der Waals surface area contributed by atoms with Crippen LogP contribution in [-0.4, -0.2) is 18.5 Å². The lowest BCUT2D eigenvalue weighted by Gasteiger charge is -2.04. The van der Waals surface area contributed by atoms with Crippen LogP contribution in [0.3, 0.4) is 0 Å². The molecule has 0 unspecified atom stereocenters. The Hall–Kier alpha value is -1.84. The number of benzene rings is 1. The lowest BCUT2D eigenvalue weighted by atomic mass is 10.2. The van der Waals surface area contributed by atoms with Crippen molar-refractivity contribution >= 4 is 17.6 Å². The fourth-order valence-electron chi connectivity index (χ4n) is 1.10. The number of carbonyl (C=O) groups excluding carboxylic acids is 2. The Bertz CT molecular complexity index is 374. The van der Waals surface area contributed by atoms with Gasteiger partial charge in [0.15, 0.2) is 0 Å². The number of aryl methyl sites for hydroxylation is 1. The molecule has 0 saturated heterocycles. The first kappa shape index (κ1) is 11.2. The fourth-order valence-corrected chi connectivity index (χ4v) is 1.10. The average Bonchev–Trinajstić information content (AvgIpc) is 2.18. The standard InChI is InChI=1S/C11H13NO3/c1-3-15-11(14)10(13)12-9-6-4-5-8(2)7-9/h4-7H,3H2,1-2H3,(H,12,13). The molecule has 4 heteroatoms. The molecule has 1 amide bonds. The average molecular weight is 207 g/mol. The molecule has 15 heavy (non-hydrogen) atoms. The van der Waals surface area contributed by atoms with Crippen LogP contribution in [0.2, 0.25) is 0 Å². The van der Waals surface area contributed by atoms with E-state index in [0.29, 0.717) is 5.69 Å². The molecule has 1 aromatic rings. The molecule has 80 valence electrons. The maximum absolute atomic E-state index is 11.2. The third-order valence-corrected chi connectivity index (χ3v) is 1.74. The van der Waals surface area contributed by atoms with Gasteiger partial charge in [-0.15, -0.1) is 0 Å². The van der Waals surface area contributed by atoms with Crippen molar-refractivity contribution in [2.75, 3.05) is 11.9 Å². The van der Waals surface area contributed by atoms with E-state index < -0.39 is 11.9 Å². The first-order chi connectivity index (χ1) is 7.13. The van der Waals surface area contributed by atoms with E-state index in [1.165, 1.54) is 0 Å². The Morgan fingerprint density at radius 3 is 2.73 bits per heavy atom. The lowest BCUT2D eigenvalue weighted by molar-refractivity contribution is -0.152. The zero-order valence-electron chi connectivity index (χ0n) is 8.74. The quantitative estimate of drug-likeness (QED) is 0.590. The molecule has 0 radical (unpaired) electrons. The topological polar surface area (TPSA) is 55.4 Å². The maximum atomic E-state index is 11.2. The van der Waals surface area contributed by atoms with E-state index in [4.69, 9.17) is 0 Å². The van der Waals surface area contributed by atoms with Crippen LogP contribution in [0, 0.1) is 6.92 Å². The van der Waals surface area contributed by atoms with Crippen molar-refractivity contribution < 1.29 is 14.3 Å². The highest BCUT2D eigenvalue weighted by molar-refractivity contribution is 6.37. The molecule has 0 aliphatic rings. The van der Waals surface area contributed by atoms with Gasteiger partial charge < -0.3 is 10.1 Å². The van der Waals surface area contributed by atoms with E-state index in [0.717, 1.165) is 5.56 Å². The van der Waals surface area contributed by atoms with E-state index >= 15 is 0 Å². The summed E-state index contributed by atoms with van der Waals surface area (Å²) < 4.78 is 4.56. The zero-order chi connectivity index (χ0) is 11.3. The molecular weight excluding hydrogens is 194 g/mol. The van der Waals surface area contributed by atoms with Crippen LogP contribution < -0.4 is 5.32 Å². The molecule has 4 nitrogen and oxygen atoms in total. The van der Waals surface area contributed by atoms with Gasteiger partial charge in [0, 0.05) is 5.69 Å². The van der Waals surface area contributed by atoms with Crippen LogP contribution in [0.5, 0.6) is 0 Å². The second-order valence-corrected chi connectivity index (χ2v) is 3.04. The number of amides is 1. The third kappa shape index (κ3) is 3.42. The molecular formula is C11H13NO3. The smallest absolute Gasteiger partial charge is 0.397 e. The molecule has 0 saturated carbocycles. The Balaban J connectivity index is 2.62. The van der Waals surface area contributed by atoms with Crippen molar-refractivity contribution in [1.82, 2.24) is 0 Å². The molecule has 1 aromatic carbocycles. The minimum absolute atomic E-state index is 0.195. The van der Waals surface area contributed by atoms with Gasteiger partial charge >= 0.3 is 11.9 Å². The summed E-state index contributed by atoms with van der Waals surface area (Å²) >= 11 is 0. The highest BCUT2D eigenvalue weighted by Gasteiger charge is 2.14. The van der Waals surface area contributed by atoms with Gasteiger partial charge in [0.05, 0.1) is 6.61 Å². The summed E-state index contributed by atoms with van der Waals surface area (Å²) in [4.78, 5) is 22.2. The van der Waals surface area contributed by atoms with E-state index in [1.807, 2.05) is 13.0 Å². The predicted molar refractivity (Wildman–Crippen MR) is 56.4 cm³/mol. The summed E-state index contributed by atoms with van der Waals surface area (Å²) in [5.41, 5.74) is 1.60. The van der Waals surface area contributed by atoms with E-state index in [-0.39, 0.29) is 6.61 Å². The zero-order valence-corrected chi connectivity index (χ0v) is 8.74. The van der Waals surface area contributed by atoms with Crippen molar-refractivity contribution in [2.24, 2.45) is 0 Å². The van der Waals surface area contributed by atoms with Gasteiger partial charge in [-0.05, 0) is 31.5 Å². The molecule has 0 aliphatic carbocycles. The van der Waals surface area contributed by atoms with Gasteiger partial charge in [-0.3, -0.25) is 4.79 Å². The van der Waals surface area contributed by atoms with Crippen LogP contribution in [0.15, 0.2) is 24.3 Å². The summed E-state index contributed by atoms with van der Waals surface area (Å²) in [7, 11) is 0. The van der Waals surface area contributed by atoms with Crippen LogP contribution in [0.25, 0.3) is 0 Å². The first-order valence-electron chi connectivity index (χ1n) is 4.68. The fraction of sp³-hybridized carbons (Fsp3) is 0.273. The number of carbonyl (C=O) groups is 2. The Kier molecular flexibility index (Phi) is 3.85. The monoisotopic (exact) mass is 207 g/mol. The second kappa shape index (κ2) is 5.14. The van der Waals surface area contributed by atoms with Gasteiger partial charge in [-0.25, -0.2) is 4.79 Å². The number of nitrogens with one attached hydrogen (secondary N) is 1. The van der Waals surface area contributed by atoms with Crippen LogP contribution in [0.4, 0.5) is 5.69 Å². The third-order valence-electron chi connectivity index (χ3n) is 1.74. The maximum Gasteiger partial charge on any atom is 0.397 e. The molecule has 0 atom stereocenters. The number of esters is 1. The molecule has 0 aliphatic heterocycles. The molecule has 0 bridgehead atoms. The highest BCUT2D eigenvalue weighted by Crippen LogP contribution is 2.09. The minimum atomic E-state index is -0.862. The van der Waals surface area contributed by atoms with Gasteiger partial charge in [-0.2, -0.15) is 0 Å². The number of hydrogen-bond acceptors (Lipinski definition) is 3. The normalized spacial score (nSPS) is 9.47. The molecule has 0 aromatic heterocycles. The number of ether oxygens (including phenoxy) is 1. The number of hydrogen-bond donors (Lipinski definition) is 1. The van der Waals surface area contributed by atoms with Gasteiger partial charge in [-0.1, -0.05) is 12.1 Å². The Morgan fingerprint density at radius 2 is 2.13 bits per heavy atom. The molecule has 0 heterocycles. The molecule has 1 N–H and O–H groups in total. The van der Waals surface area contributed by atoms with E-state index in [2.05, 4.69) is 10.1 Å². The summed E-state index contributed by atoms with van der Waals surface area (Å²) in [6.07, 6.45) is 0. The van der Waals surface area contributed by atoms with Gasteiger partial charge in [0.2, 0.25) is 0 Å². The summed E-state index contributed by atoms with van der Waals surface area (Å²) in [6.45, 7) is 3.75. The van der Waals surface area contributed by atoms with Crippen molar-refractivity contribution in [3.8, 4) is 0 Å². The minimum Gasteiger partial charge on any atom is -0.459 e. The SMILES string of the molecule is CCOC(=O)C(=O)Nc1cccc(C)c1. The van der Waals surface area contributed by atoms with Crippen LogP contribution in [0.1, 0.15) is 12.5 Å². The van der Waals surface area contributed by atoms with Crippen molar-refractivity contribution in [3.05, 3.63) is 29.8 Å². The van der Waals surface area contributed by atoms with Crippen molar-refractivity contribution in [2.45, 2.75) is 13.8 Å². The summed E-state index contributed by atoms with van der Waals surface area (Å²) in [5, 5.41) is 2.45. The molecule has 0 spiro atoms. The highest BCUT2D eigenvalue weighted by atomic mass is 16.5. The Morgan fingerprint density at radius 1 is 1.40 bits per heavy atom. The van der Waals surface area contributed by atoms with E-state index in [1.54, 1.807) is 25.1 Å². The van der Waals surface area contributed by atoms with Crippen molar-refractivity contribution in [1.29, 1.82) is 0 Å². The van der Waals surface area contributed by atoms with Gasteiger partial charge in [0.1, 0.15) is 0 Å². The molecule has 0 fully saturated rings. The summed E-state index contributed by atoms with van der Waals surface area (Å²) in [5.74, 6) is -1.61. The lowest BCUT2D eigenvalue weighted by Crippen LogP contribution is -2.24. The largest absolute Gasteiger partial charge is 0.459 e. The van der Waals surface area contributed by atoms with Crippen LogP contribution in [-0.2, 0) is 14.3 Å². The molecule has 1 rings (SSSR count).